The number of rotatable bonds is 6. The molecule has 44 heavy (non-hydrogen) atoms. The Bertz CT molecular complexity index is 1310. The molecule has 6 saturated heterocycles. The quantitative estimate of drug-likeness (QED) is 0.197. The van der Waals surface area contributed by atoms with Crippen molar-refractivity contribution in [2.24, 2.45) is 0 Å². The second kappa shape index (κ2) is 12.7. The van der Waals surface area contributed by atoms with Crippen LogP contribution < -0.4 is 10.9 Å². The molecular formula is C24H36N8O11S. The number of piperidine rings is 4. The van der Waals surface area contributed by atoms with Crippen LogP contribution in [-0.2, 0) is 33.9 Å². The lowest BCUT2D eigenvalue weighted by Gasteiger charge is -2.33. The van der Waals surface area contributed by atoms with Crippen molar-refractivity contribution < 1.29 is 51.2 Å². The van der Waals surface area contributed by atoms with Crippen molar-refractivity contribution in [1.82, 2.24) is 40.8 Å². The van der Waals surface area contributed by atoms with E-state index in [2.05, 4.69) is 15.1 Å². The molecule has 6 rings (SSSR count). The second-order valence-electron chi connectivity index (χ2n) is 11.5. The highest BCUT2D eigenvalue weighted by Gasteiger charge is 2.50. The lowest BCUT2D eigenvalue weighted by molar-refractivity contribution is -0.145. The van der Waals surface area contributed by atoms with Crippen molar-refractivity contribution in [1.29, 1.82) is 0 Å². The first kappa shape index (κ1) is 31.7. The SMILES string of the molecule is O=C(NN1CCCCC1=O)[C@@H]1CC[C@@H]2CN1C(=O)N2O.O=C(NN1CCCCC1=O)[C@@H]1CC[C@@H]2CN1C(=O)N2OS(=O)(=O)O. The molecule has 6 heterocycles. The van der Waals surface area contributed by atoms with Gasteiger partial charge in [0.15, 0.2) is 0 Å². The highest BCUT2D eigenvalue weighted by atomic mass is 32.3. The summed E-state index contributed by atoms with van der Waals surface area (Å²) in [7, 11) is -4.82. The van der Waals surface area contributed by atoms with Crippen molar-refractivity contribution in [3.63, 3.8) is 0 Å². The van der Waals surface area contributed by atoms with E-state index in [0.717, 1.165) is 25.7 Å². The van der Waals surface area contributed by atoms with Gasteiger partial charge in [0.25, 0.3) is 11.8 Å². The molecule has 0 saturated carbocycles. The lowest BCUT2D eigenvalue weighted by Crippen LogP contribution is -2.56. The van der Waals surface area contributed by atoms with Gasteiger partial charge < -0.3 is 9.80 Å². The van der Waals surface area contributed by atoms with Crippen LogP contribution >= 0.6 is 0 Å². The summed E-state index contributed by atoms with van der Waals surface area (Å²) in [4.78, 5) is 74.7. The van der Waals surface area contributed by atoms with Crippen LogP contribution in [0.1, 0.15) is 64.2 Å². The fourth-order valence-corrected chi connectivity index (χ4v) is 6.68. The maximum Gasteiger partial charge on any atom is 0.418 e. The highest BCUT2D eigenvalue weighted by Crippen LogP contribution is 2.31. The van der Waals surface area contributed by atoms with Gasteiger partial charge in [0, 0.05) is 39.0 Å². The molecule has 6 fully saturated rings. The molecule has 4 N–H and O–H groups in total. The number of hydroxylamine groups is 4. The summed E-state index contributed by atoms with van der Waals surface area (Å²) in [5.41, 5.74) is 5.14. The van der Waals surface area contributed by atoms with Gasteiger partial charge in [-0.15, -0.1) is 4.28 Å². The third-order valence-electron chi connectivity index (χ3n) is 8.58. The first-order valence-corrected chi connectivity index (χ1v) is 16.0. The van der Waals surface area contributed by atoms with Gasteiger partial charge in [-0.3, -0.25) is 49.8 Å². The monoisotopic (exact) mass is 644 g/mol. The number of carbonyl (C=O) groups excluding carboxylic acids is 6. The number of urea groups is 2. The molecule has 6 aliphatic rings. The number of fused-ring (bicyclic) bond motifs is 4. The minimum Gasteiger partial charge on any atom is -0.309 e. The van der Waals surface area contributed by atoms with Gasteiger partial charge in [-0.2, -0.15) is 13.5 Å². The number of hydrazine groups is 2. The molecule has 4 atom stereocenters. The lowest BCUT2D eigenvalue weighted by atomic mass is 10.0. The molecule has 0 aromatic carbocycles. The van der Waals surface area contributed by atoms with Gasteiger partial charge in [0.2, 0.25) is 11.8 Å². The third-order valence-corrected chi connectivity index (χ3v) is 8.93. The van der Waals surface area contributed by atoms with Crippen LogP contribution in [0.15, 0.2) is 0 Å². The third kappa shape index (κ3) is 6.66. The van der Waals surface area contributed by atoms with Gasteiger partial charge in [-0.05, 0) is 51.4 Å². The molecule has 0 unspecified atom stereocenters. The molecule has 0 aromatic heterocycles. The molecule has 0 spiro atoms. The predicted molar refractivity (Wildman–Crippen MR) is 143 cm³/mol. The zero-order valence-corrected chi connectivity index (χ0v) is 24.7. The maximum absolute atomic E-state index is 12.4. The van der Waals surface area contributed by atoms with E-state index >= 15 is 0 Å². The standard InChI is InChI=1S/C12H18N4O7S.C12H18N4O4/c17-10-3-1-2-6-15(10)13-11(18)9-5-4-8-7-14(9)12(19)16(8)23-24(20,21)22;17-10-3-1-2-6-15(10)13-11(18)9-5-4-8-7-14(9)12(19)16(8)20/h8-9H,1-7H2,(H,13,18)(H,20,21,22);8-9,20H,1-7H2,(H,13,18)/t2*8-,9+/m11/s1. The Kier molecular flexibility index (Phi) is 9.14. The Hall–Kier alpha value is -3.75. The minimum absolute atomic E-state index is 0.0881. The van der Waals surface area contributed by atoms with Gasteiger partial charge in [0.05, 0.1) is 12.1 Å². The summed E-state index contributed by atoms with van der Waals surface area (Å²) < 4.78 is 34.7. The first-order chi connectivity index (χ1) is 20.8. The molecule has 0 radical (unpaired) electrons. The molecule has 20 heteroatoms. The van der Waals surface area contributed by atoms with Crippen LogP contribution in [0.5, 0.6) is 0 Å². The van der Waals surface area contributed by atoms with Gasteiger partial charge in [0.1, 0.15) is 12.1 Å². The van der Waals surface area contributed by atoms with E-state index in [0.29, 0.717) is 68.3 Å². The van der Waals surface area contributed by atoms with Crippen LogP contribution in [0.3, 0.4) is 0 Å². The summed E-state index contributed by atoms with van der Waals surface area (Å²) in [5.74, 6) is -1.10. The van der Waals surface area contributed by atoms with Crippen LogP contribution in [0.4, 0.5) is 9.59 Å². The van der Waals surface area contributed by atoms with Crippen LogP contribution in [0.2, 0.25) is 0 Å². The summed E-state index contributed by atoms with van der Waals surface area (Å²) in [5, 5.41) is 13.5. The Morgan fingerprint density at radius 2 is 1.20 bits per heavy atom. The molecule has 8 amide bonds. The van der Waals surface area contributed by atoms with Gasteiger partial charge >= 0.3 is 22.5 Å². The van der Waals surface area contributed by atoms with Crippen molar-refractivity contribution in [2.45, 2.75) is 88.4 Å². The Balaban J connectivity index is 0.000000177. The number of hydrogen-bond acceptors (Lipinski definition) is 10. The summed E-state index contributed by atoms with van der Waals surface area (Å²) in [6, 6.07) is -3.54. The average Bonchev–Trinajstić information content (AvgIpc) is 3.34. The molecule has 0 aliphatic carbocycles. The summed E-state index contributed by atoms with van der Waals surface area (Å²) in [6.07, 6.45) is 5.82. The van der Waals surface area contributed by atoms with E-state index in [1.165, 1.54) is 19.8 Å². The number of nitrogens with one attached hydrogen (secondary N) is 2. The summed E-state index contributed by atoms with van der Waals surface area (Å²) in [6.45, 7) is 1.41. The summed E-state index contributed by atoms with van der Waals surface area (Å²) >= 11 is 0. The smallest absolute Gasteiger partial charge is 0.309 e. The van der Waals surface area contributed by atoms with Crippen molar-refractivity contribution in [3.05, 3.63) is 0 Å². The van der Waals surface area contributed by atoms with Crippen molar-refractivity contribution >= 4 is 46.1 Å². The number of nitrogens with zero attached hydrogens (tertiary/aromatic N) is 6. The molecule has 19 nitrogen and oxygen atoms in total. The molecule has 6 aliphatic heterocycles. The van der Waals surface area contributed by atoms with E-state index in [4.69, 9.17) is 4.55 Å². The number of hydrogen-bond donors (Lipinski definition) is 4. The predicted octanol–water partition coefficient (Wildman–Crippen LogP) is -1.28. The van der Waals surface area contributed by atoms with Crippen LogP contribution in [0.25, 0.3) is 0 Å². The fraction of sp³-hybridized carbons (Fsp3) is 0.750. The van der Waals surface area contributed by atoms with E-state index in [-0.39, 0.29) is 30.3 Å². The number of amides is 8. The zero-order chi connectivity index (χ0) is 31.8. The highest BCUT2D eigenvalue weighted by molar-refractivity contribution is 7.80. The Morgan fingerprint density at radius 3 is 1.70 bits per heavy atom. The van der Waals surface area contributed by atoms with Crippen molar-refractivity contribution in [3.8, 4) is 0 Å². The van der Waals surface area contributed by atoms with Gasteiger partial charge in [-0.1, -0.05) is 0 Å². The van der Waals surface area contributed by atoms with E-state index in [9.17, 15) is 42.4 Å². The van der Waals surface area contributed by atoms with Gasteiger partial charge in [-0.25, -0.2) is 14.7 Å². The van der Waals surface area contributed by atoms with Crippen LogP contribution in [0, 0.1) is 0 Å². The second-order valence-corrected chi connectivity index (χ2v) is 12.5. The normalized spacial score (nSPS) is 28.7. The van der Waals surface area contributed by atoms with E-state index < -0.39 is 46.5 Å². The van der Waals surface area contributed by atoms with E-state index in [1.807, 2.05) is 0 Å². The largest absolute Gasteiger partial charge is 0.418 e. The Morgan fingerprint density at radius 1 is 0.727 bits per heavy atom. The zero-order valence-electron chi connectivity index (χ0n) is 23.9. The molecule has 0 aromatic rings. The topological polar surface area (TPSA) is 230 Å². The van der Waals surface area contributed by atoms with E-state index in [1.54, 1.807) is 0 Å². The molecule has 4 bridgehead atoms. The fourth-order valence-electron chi connectivity index (χ4n) is 6.29. The average molecular weight is 645 g/mol. The number of carbonyl (C=O) groups is 6. The van der Waals surface area contributed by atoms with Crippen molar-refractivity contribution in [2.75, 3.05) is 26.2 Å². The van der Waals surface area contributed by atoms with Crippen LogP contribution in [-0.4, -0.2) is 134 Å². The minimum atomic E-state index is -4.82. The Labute approximate surface area is 252 Å². The molecular weight excluding hydrogens is 608 g/mol. The maximum atomic E-state index is 12.4. The molecule has 244 valence electrons. The first-order valence-electron chi connectivity index (χ1n) is 14.6.